The van der Waals surface area contributed by atoms with Gasteiger partial charge in [0.2, 0.25) is 15.9 Å². The average Bonchev–Trinajstić information content (AvgIpc) is 2.75. The van der Waals surface area contributed by atoms with Gasteiger partial charge in [-0.2, -0.15) is 0 Å². The Kier molecular flexibility index (Phi) is 7.20. The number of amides is 1. The van der Waals surface area contributed by atoms with Crippen LogP contribution in [0.5, 0.6) is 5.75 Å². The number of aryl methyl sites for hydroxylation is 2. The summed E-state index contributed by atoms with van der Waals surface area (Å²) in [6.07, 6.45) is 1.10. The summed E-state index contributed by atoms with van der Waals surface area (Å²) in [7, 11) is -3.67. The van der Waals surface area contributed by atoms with Gasteiger partial charge in [-0.1, -0.05) is 36.4 Å². The minimum Gasteiger partial charge on any atom is -0.489 e. The van der Waals surface area contributed by atoms with Gasteiger partial charge in [-0.25, -0.2) is 8.42 Å². The van der Waals surface area contributed by atoms with Crippen molar-refractivity contribution < 1.29 is 17.9 Å². The van der Waals surface area contributed by atoms with E-state index in [1.807, 2.05) is 50.2 Å². The largest absolute Gasteiger partial charge is 0.489 e. The maximum atomic E-state index is 12.9. The van der Waals surface area contributed by atoms with E-state index in [0.717, 1.165) is 27.3 Å². The van der Waals surface area contributed by atoms with Crippen molar-refractivity contribution in [1.82, 2.24) is 0 Å². The van der Waals surface area contributed by atoms with E-state index in [1.165, 1.54) is 0 Å². The lowest BCUT2D eigenvalue weighted by atomic mass is 10.1. The summed E-state index contributed by atoms with van der Waals surface area (Å²) in [5.74, 6) is 0.249. The minimum atomic E-state index is -3.67. The van der Waals surface area contributed by atoms with Gasteiger partial charge in [0.1, 0.15) is 18.4 Å². The maximum Gasteiger partial charge on any atom is 0.247 e. The maximum absolute atomic E-state index is 12.9. The predicted octanol–water partition coefficient (Wildman–Crippen LogP) is 4.68. The molecule has 1 atom stereocenters. The molecule has 1 amide bonds. The average molecular weight is 453 g/mol. The van der Waals surface area contributed by atoms with Gasteiger partial charge in [-0.15, -0.1) is 0 Å². The fourth-order valence-electron chi connectivity index (χ4n) is 3.29. The highest BCUT2D eigenvalue weighted by Crippen LogP contribution is 2.25. The van der Waals surface area contributed by atoms with Crippen LogP contribution in [0.2, 0.25) is 0 Å². The summed E-state index contributed by atoms with van der Waals surface area (Å²) < 4.78 is 31.9. The van der Waals surface area contributed by atoms with Gasteiger partial charge in [-0.05, 0) is 73.9 Å². The van der Waals surface area contributed by atoms with Crippen molar-refractivity contribution >= 4 is 27.3 Å². The smallest absolute Gasteiger partial charge is 0.247 e. The van der Waals surface area contributed by atoms with E-state index in [1.54, 1.807) is 43.3 Å². The van der Waals surface area contributed by atoms with Crippen molar-refractivity contribution in [2.75, 3.05) is 15.9 Å². The molecule has 0 heterocycles. The van der Waals surface area contributed by atoms with E-state index in [9.17, 15) is 13.2 Å². The molecule has 168 valence electrons. The number of benzene rings is 3. The SMILES string of the molecule is Cc1ccc(N(C(C)C(=O)Nc2ccc(OCc3ccccc3)cc2)S(C)(=O)=O)cc1C. The highest BCUT2D eigenvalue weighted by atomic mass is 32.2. The first-order valence-electron chi connectivity index (χ1n) is 10.3. The zero-order valence-corrected chi connectivity index (χ0v) is 19.5. The molecule has 0 saturated carbocycles. The minimum absolute atomic E-state index is 0.424. The van der Waals surface area contributed by atoms with Gasteiger partial charge in [0.25, 0.3) is 0 Å². The van der Waals surface area contributed by atoms with Crippen LogP contribution in [0.25, 0.3) is 0 Å². The van der Waals surface area contributed by atoms with E-state index in [4.69, 9.17) is 4.74 Å². The molecule has 0 aliphatic carbocycles. The number of carbonyl (C=O) groups is 1. The van der Waals surface area contributed by atoms with Crippen LogP contribution in [0.4, 0.5) is 11.4 Å². The number of nitrogens with zero attached hydrogens (tertiary/aromatic N) is 1. The summed E-state index contributed by atoms with van der Waals surface area (Å²) >= 11 is 0. The molecule has 0 aliphatic heterocycles. The predicted molar refractivity (Wildman–Crippen MR) is 129 cm³/mol. The molecule has 0 bridgehead atoms. The molecule has 0 fully saturated rings. The zero-order chi connectivity index (χ0) is 23.3. The molecule has 0 radical (unpaired) electrons. The molecular weight excluding hydrogens is 424 g/mol. The Morgan fingerprint density at radius 3 is 2.22 bits per heavy atom. The molecule has 0 aromatic heterocycles. The van der Waals surface area contributed by atoms with Crippen LogP contribution in [0.15, 0.2) is 72.8 Å². The van der Waals surface area contributed by atoms with Crippen LogP contribution in [0, 0.1) is 13.8 Å². The Balaban J connectivity index is 1.69. The molecule has 6 nitrogen and oxygen atoms in total. The van der Waals surface area contributed by atoms with Crippen LogP contribution < -0.4 is 14.4 Å². The summed E-state index contributed by atoms with van der Waals surface area (Å²) in [5, 5.41) is 2.79. The molecule has 3 rings (SSSR count). The standard InChI is InChI=1S/C25H28N2O4S/c1-18-10-13-23(16-19(18)2)27(32(4,29)30)20(3)25(28)26-22-11-14-24(15-12-22)31-17-21-8-6-5-7-9-21/h5-16,20H,17H2,1-4H3,(H,26,28). The molecule has 32 heavy (non-hydrogen) atoms. The second kappa shape index (κ2) is 9.87. The van der Waals surface area contributed by atoms with Crippen molar-refractivity contribution in [3.63, 3.8) is 0 Å². The van der Waals surface area contributed by atoms with Crippen LogP contribution >= 0.6 is 0 Å². The highest BCUT2D eigenvalue weighted by molar-refractivity contribution is 7.92. The van der Waals surface area contributed by atoms with Crippen LogP contribution in [0.1, 0.15) is 23.6 Å². The molecule has 3 aromatic carbocycles. The van der Waals surface area contributed by atoms with Gasteiger partial charge >= 0.3 is 0 Å². The first kappa shape index (κ1) is 23.3. The number of ether oxygens (including phenoxy) is 1. The van der Waals surface area contributed by atoms with Gasteiger partial charge in [0.15, 0.2) is 0 Å². The van der Waals surface area contributed by atoms with Crippen LogP contribution in [-0.2, 0) is 21.4 Å². The molecule has 1 N–H and O–H groups in total. The fourth-order valence-corrected chi connectivity index (χ4v) is 4.46. The van der Waals surface area contributed by atoms with Gasteiger partial charge < -0.3 is 10.1 Å². The van der Waals surface area contributed by atoms with E-state index < -0.39 is 22.0 Å². The van der Waals surface area contributed by atoms with Crippen molar-refractivity contribution in [2.45, 2.75) is 33.4 Å². The lowest BCUT2D eigenvalue weighted by molar-refractivity contribution is -0.116. The van der Waals surface area contributed by atoms with Gasteiger partial charge in [-0.3, -0.25) is 9.10 Å². The number of anilines is 2. The number of nitrogens with one attached hydrogen (secondary N) is 1. The van der Waals surface area contributed by atoms with E-state index in [2.05, 4.69) is 5.32 Å². The van der Waals surface area contributed by atoms with Crippen molar-refractivity contribution in [1.29, 1.82) is 0 Å². The fraction of sp³-hybridized carbons (Fsp3) is 0.240. The Morgan fingerprint density at radius 2 is 1.62 bits per heavy atom. The quantitative estimate of drug-likeness (QED) is 0.539. The van der Waals surface area contributed by atoms with Crippen molar-refractivity contribution in [3.05, 3.63) is 89.5 Å². The lowest BCUT2D eigenvalue weighted by Crippen LogP contribution is -2.45. The topological polar surface area (TPSA) is 75.7 Å². The number of rotatable bonds is 8. The van der Waals surface area contributed by atoms with Crippen molar-refractivity contribution in [3.8, 4) is 5.75 Å². The molecule has 3 aromatic rings. The Morgan fingerprint density at radius 1 is 0.969 bits per heavy atom. The van der Waals surface area contributed by atoms with Crippen LogP contribution in [0.3, 0.4) is 0 Å². The molecule has 0 saturated heterocycles. The summed E-state index contributed by atoms with van der Waals surface area (Å²) in [4.78, 5) is 12.9. The van der Waals surface area contributed by atoms with Crippen LogP contribution in [-0.4, -0.2) is 26.6 Å². The number of hydrogen-bond donors (Lipinski definition) is 1. The monoisotopic (exact) mass is 452 g/mol. The number of carbonyl (C=O) groups excluding carboxylic acids is 1. The Hall–Kier alpha value is -3.32. The zero-order valence-electron chi connectivity index (χ0n) is 18.7. The van der Waals surface area contributed by atoms with Gasteiger partial charge in [0.05, 0.1) is 11.9 Å². The second-order valence-electron chi connectivity index (χ2n) is 7.79. The second-order valence-corrected chi connectivity index (χ2v) is 9.65. The van der Waals surface area contributed by atoms with E-state index >= 15 is 0 Å². The van der Waals surface area contributed by atoms with E-state index in [-0.39, 0.29) is 0 Å². The Bertz CT molecular complexity index is 1180. The molecule has 1 unspecified atom stereocenters. The van der Waals surface area contributed by atoms with Crippen molar-refractivity contribution in [2.24, 2.45) is 0 Å². The first-order valence-corrected chi connectivity index (χ1v) is 12.1. The number of sulfonamides is 1. The third-order valence-electron chi connectivity index (χ3n) is 5.20. The number of hydrogen-bond acceptors (Lipinski definition) is 4. The summed E-state index contributed by atoms with van der Waals surface area (Å²) in [6.45, 7) is 5.88. The van der Waals surface area contributed by atoms with E-state index in [0.29, 0.717) is 23.7 Å². The molecule has 7 heteroatoms. The van der Waals surface area contributed by atoms with Gasteiger partial charge in [0, 0.05) is 5.69 Å². The normalized spacial score (nSPS) is 12.1. The molecule has 0 spiro atoms. The highest BCUT2D eigenvalue weighted by Gasteiger charge is 2.29. The molecule has 0 aliphatic rings. The summed E-state index contributed by atoms with van der Waals surface area (Å²) in [5.41, 5.74) is 4.08. The third kappa shape index (κ3) is 5.88. The molecular formula is C25H28N2O4S. The third-order valence-corrected chi connectivity index (χ3v) is 6.45. The Labute approximate surface area is 189 Å². The summed E-state index contributed by atoms with van der Waals surface area (Å²) in [6, 6.07) is 21.2. The lowest BCUT2D eigenvalue weighted by Gasteiger charge is -2.28. The first-order chi connectivity index (χ1) is 15.1.